The lowest BCUT2D eigenvalue weighted by Crippen LogP contribution is -2.33. The van der Waals surface area contributed by atoms with Crippen molar-refractivity contribution in [3.05, 3.63) is 35.9 Å². The van der Waals surface area contributed by atoms with Gasteiger partial charge in [-0.1, -0.05) is 43.2 Å². The zero-order valence-electron chi connectivity index (χ0n) is 11.8. The van der Waals surface area contributed by atoms with E-state index in [1.54, 1.807) is 0 Å². The molecule has 2 atom stereocenters. The Morgan fingerprint density at radius 2 is 1.90 bits per heavy atom. The largest absolute Gasteiger partial charge is 0.282 e. The summed E-state index contributed by atoms with van der Waals surface area (Å²) in [5.74, 6) is 0.655. The summed E-state index contributed by atoms with van der Waals surface area (Å²) in [7, 11) is 0. The van der Waals surface area contributed by atoms with Crippen molar-refractivity contribution < 1.29 is 9.59 Å². The van der Waals surface area contributed by atoms with E-state index in [1.807, 2.05) is 30.3 Å². The zero-order valence-corrected chi connectivity index (χ0v) is 11.8. The van der Waals surface area contributed by atoms with E-state index in [2.05, 4.69) is 0 Å². The molecule has 1 saturated carbocycles. The molecule has 0 radical (unpaired) electrons. The second kappa shape index (κ2) is 5.78. The number of likely N-dealkylation sites (tertiary alicyclic amines) is 1. The Bertz CT molecular complexity index is 497. The molecule has 3 nitrogen and oxygen atoms in total. The Morgan fingerprint density at radius 3 is 2.65 bits per heavy atom. The van der Waals surface area contributed by atoms with E-state index in [0.717, 1.165) is 31.2 Å². The average molecular weight is 271 g/mol. The molecule has 2 aliphatic rings. The van der Waals surface area contributed by atoms with Crippen LogP contribution in [0.5, 0.6) is 0 Å². The van der Waals surface area contributed by atoms with Crippen molar-refractivity contribution in [1.82, 2.24) is 4.90 Å². The lowest BCUT2D eigenvalue weighted by atomic mass is 9.81. The van der Waals surface area contributed by atoms with Gasteiger partial charge in [-0.15, -0.1) is 0 Å². The summed E-state index contributed by atoms with van der Waals surface area (Å²) < 4.78 is 0. The first kappa shape index (κ1) is 13.3. The molecule has 1 heterocycles. The molecule has 0 N–H and O–H groups in total. The number of hydrogen-bond acceptors (Lipinski definition) is 2. The van der Waals surface area contributed by atoms with Gasteiger partial charge in [0.1, 0.15) is 0 Å². The van der Waals surface area contributed by atoms with Crippen molar-refractivity contribution in [3.63, 3.8) is 0 Å². The van der Waals surface area contributed by atoms with Crippen LogP contribution >= 0.6 is 0 Å². The number of rotatable bonds is 3. The molecule has 0 unspecified atom stereocenters. The number of carbonyl (C=O) groups excluding carboxylic acids is 2. The zero-order chi connectivity index (χ0) is 13.9. The molecule has 3 heteroatoms. The van der Waals surface area contributed by atoms with Crippen molar-refractivity contribution in [2.75, 3.05) is 6.54 Å². The number of hydrogen-bond donors (Lipinski definition) is 0. The third kappa shape index (κ3) is 2.62. The van der Waals surface area contributed by atoms with Gasteiger partial charge in [-0.05, 0) is 30.7 Å². The fourth-order valence-electron chi connectivity index (χ4n) is 3.53. The van der Waals surface area contributed by atoms with Crippen LogP contribution in [0.25, 0.3) is 0 Å². The summed E-state index contributed by atoms with van der Waals surface area (Å²) in [6.45, 7) is 0.664. The predicted molar refractivity (Wildman–Crippen MR) is 76.9 cm³/mol. The summed E-state index contributed by atoms with van der Waals surface area (Å²) in [6, 6.07) is 9.99. The quantitative estimate of drug-likeness (QED) is 0.847. The normalized spacial score (nSPS) is 25.6. The molecule has 106 valence electrons. The van der Waals surface area contributed by atoms with E-state index < -0.39 is 0 Å². The van der Waals surface area contributed by atoms with Crippen LogP contribution in [0.2, 0.25) is 0 Å². The van der Waals surface area contributed by atoms with Gasteiger partial charge < -0.3 is 0 Å². The SMILES string of the molecule is O=C(CCc1ccccc1)N1C[C@H]2CCCC[C@H]2C1=O. The highest BCUT2D eigenvalue weighted by Gasteiger charge is 2.43. The van der Waals surface area contributed by atoms with Crippen molar-refractivity contribution in [1.29, 1.82) is 0 Å². The Kier molecular flexibility index (Phi) is 3.86. The molecular formula is C17H21NO2. The third-order valence-electron chi connectivity index (χ3n) is 4.68. The highest BCUT2D eigenvalue weighted by Crippen LogP contribution is 2.37. The predicted octanol–water partition coefficient (Wildman–Crippen LogP) is 2.79. The Labute approximate surface area is 120 Å². The fourth-order valence-corrected chi connectivity index (χ4v) is 3.53. The first-order valence-corrected chi connectivity index (χ1v) is 7.64. The van der Waals surface area contributed by atoms with E-state index in [1.165, 1.54) is 11.3 Å². The molecule has 2 fully saturated rings. The van der Waals surface area contributed by atoms with Crippen molar-refractivity contribution in [3.8, 4) is 0 Å². The van der Waals surface area contributed by atoms with Crippen molar-refractivity contribution in [2.45, 2.75) is 38.5 Å². The van der Waals surface area contributed by atoms with Crippen LogP contribution in [-0.2, 0) is 16.0 Å². The summed E-state index contributed by atoms with van der Waals surface area (Å²) in [6.07, 6.45) is 5.60. The summed E-state index contributed by atoms with van der Waals surface area (Å²) in [5.41, 5.74) is 1.16. The monoisotopic (exact) mass is 271 g/mol. The van der Waals surface area contributed by atoms with Crippen molar-refractivity contribution >= 4 is 11.8 Å². The maximum atomic E-state index is 12.3. The van der Waals surface area contributed by atoms with Gasteiger partial charge in [0.15, 0.2) is 0 Å². The molecule has 1 aliphatic carbocycles. The van der Waals surface area contributed by atoms with Gasteiger partial charge in [-0.25, -0.2) is 0 Å². The first-order valence-electron chi connectivity index (χ1n) is 7.64. The van der Waals surface area contributed by atoms with E-state index in [-0.39, 0.29) is 17.7 Å². The Hall–Kier alpha value is -1.64. The number of carbonyl (C=O) groups is 2. The van der Waals surface area contributed by atoms with Crippen LogP contribution in [0.1, 0.15) is 37.7 Å². The van der Waals surface area contributed by atoms with Gasteiger partial charge in [-0.3, -0.25) is 14.5 Å². The summed E-state index contributed by atoms with van der Waals surface area (Å²) >= 11 is 0. The third-order valence-corrected chi connectivity index (χ3v) is 4.68. The maximum Gasteiger partial charge on any atom is 0.232 e. The molecule has 0 spiro atoms. The van der Waals surface area contributed by atoms with Gasteiger partial charge in [0.25, 0.3) is 0 Å². The van der Waals surface area contributed by atoms with Gasteiger partial charge >= 0.3 is 0 Å². The highest BCUT2D eigenvalue weighted by atomic mass is 16.2. The minimum atomic E-state index is 0.00764. The molecule has 1 aliphatic heterocycles. The van der Waals surface area contributed by atoms with Gasteiger partial charge in [0.2, 0.25) is 11.8 Å². The first-order chi connectivity index (χ1) is 9.75. The van der Waals surface area contributed by atoms with E-state index in [4.69, 9.17) is 0 Å². The van der Waals surface area contributed by atoms with Crippen molar-refractivity contribution in [2.24, 2.45) is 11.8 Å². The average Bonchev–Trinajstić information content (AvgIpc) is 2.84. The van der Waals surface area contributed by atoms with Crippen LogP contribution in [0.15, 0.2) is 30.3 Å². The van der Waals surface area contributed by atoms with Gasteiger partial charge in [0.05, 0.1) is 0 Å². The minimum Gasteiger partial charge on any atom is -0.282 e. The lowest BCUT2D eigenvalue weighted by molar-refractivity contribution is -0.143. The fraction of sp³-hybridized carbons (Fsp3) is 0.529. The molecule has 1 aromatic rings. The molecule has 2 amide bonds. The van der Waals surface area contributed by atoms with Gasteiger partial charge in [0, 0.05) is 18.9 Å². The molecule has 3 rings (SSSR count). The van der Waals surface area contributed by atoms with Crippen LogP contribution < -0.4 is 0 Å². The standard InChI is InChI=1S/C17H21NO2/c19-16(11-10-13-6-2-1-3-7-13)18-12-14-8-4-5-9-15(14)17(18)20/h1-3,6-7,14-15H,4-5,8-12H2/t14-,15-/m1/s1. The summed E-state index contributed by atoms with van der Waals surface area (Å²) in [4.78, 5) is 26.1. The molecule has 1 saturated heterocycles. The summed E-state index contributed by atoms with van der Waals surface area (Å²) in [5, 5.41) is 0. The molecule has 1 aromatic carbocycles. The highest BCUT2D eigenvalue weighted by molar-refractivity contribution is 5.98. The number of fused-ring (bicyclic) bond motifs is 1. The Morgan fingerprint density at radius 1 is 1.15 bits per heavy atom. The second-order valence-electron chi connectivity index (χ2n) is 5.98. The number of imide groups is 1. The van der Waals surface area contributed by atoms with Gasteiger partial charge in [-0.2, -0.15) is 0 Å². The number of benzene rings is 1. The molecule has 20 heavy (non-hydrogen) atoms. The topological polar surface area (TPSA) is 37.4 Å². The Balaban J connectivity index is 1.59. The smallest absolute Gasteiger partial charge is 0.232 e. The molecule has 0 aromatic heterocycles. The molecular weight excluding hydrogens is 250 g/mol. The van der Waals surface area contributed by atoms with E-state index >= 15 is 0 Å². The lowest BCUT2D eigenvalue weighted by Gasteiger charge is -2.21. The van der Waals surface area contributed by atoms with Crippen LogP contribution in [0.4, 0.5) is 0 Å². The van der Waals surface area contributed by atoms with Crippen LogP contribution in [0.3, 0.4) is 0 Å². The molecule has 0 bridgehead atoms. The van der Waals surface area contributed by atoms with E-state index in [0.29, 0.717) is 18.9 Å². The maximum absolute atomic E-state index is 12.3. The van der Waals surface area contributed by atoms with Crippen LogP contribution in [0, 0.1) is 11.8 Å². The van der Waals surface area contributed by atoms with E-state index in [9.17, 15) is 9.59 Å². The number of aryl methyl sites for hydroxylation is 1. The second-order valence-corrected chi connectivity index (χ2v) is 5.98. The van der Waals surface area contributed by atoms with Crippen LogP contribution in [-0.4, -0.2) is 23.3 Å². The number of nitrogens with zero attached hydrogens (tertiary/aromatic N) is 1. The minimum absolute atomic E-state index is 0.00764. The number of amides is 2.